The Hall–Kier alpha value is -0.910. The molecule has 1 atom stereocenters. The van der Waals surface area contributed by atoms with Crippen LogP contribution in [0, 0.1) is 5.92 Å². The SMILES string of the molecule is CSCC(C)N(C)C(=O)N1CCC(CC(=O)O)CC1. The number of carboxylic acid groups (broad SMARTS) is 1. The van der Waals surface area contributed by atoms with E-state index in [9.17, 15) is 9.59 Å². The van der Waals surface area contributed by atoms with Crippen LogP contribution >= 0.6 is 11.8 Å². The molecule has 0 aromatic rings. The van der Waals surface area contributed by atoms with Gasteiger partial charge in [-0.25, -0.2) is 4.79 Å². The molecule has 0 aromatic carbocycles. The highest BCUT2D eigenvalue weighted by molar-refractivity contribution is 7.98. The van der Waals surface area contributed by atoms with Gasteiger partial charge in [-0.05, 0) is 31.9 Å². The molecule has 110 valence electrons. The second kappa shape index (κ2) is 7.62. The molecule has 0 spiro atoms. The molecule has 0 aliphatic carbocycles. The van der Waals surface area contributed by atoms with Gasteiger partial charge in [0.15, 0.2) is 0 Å². The van der Waals surface area contributed by atoms with E-state index >= 15 is 0 Å². The van der Waals surface area contributed by atoms with Gasteiger partial charge in [-0.15, -0.1) is 0 Å². The van der Waals surface area contributed by atoms with Crippen molar-refractivity contribution in [2.45, 2.75) is 32.2 Å². The number of aliphatic carboxylic acids is 1. The first-order chi connectivity index (χ1) is 8.95. The van der Waals surface area contributed by atoms with Crippen molar-refractivity contribution in [1.29, 1.82) is 0 Å². The highest BCUT2D eigenvalue weighted by Crippen LogP contribution is 2.21. The second-order valence-electron chi connectivity index (χ2n) is 5.23. The zero-order valence-corrected chi connectivity index (χ0v) is 12.8. The van der Waals surface area contributed by atoms with E-state index in [-0.39, 0.29) is 24.4 Å². The number of hydrogen-bond donors (Lipinski definition) is 1. The van der Waals surface area contributed by atoms with Crippen LogP contribution in [-0.4, -0.2) is 65.1 Å². The van der Waals surface area contributed by atoms with Crippen LogP contribution in [0.2, 0.25) is 0 Å². The van der Waals surface area contributed by atoms with Crippen LogP contribution < -0.4 is 0 Å². The lowest BCUT2D eigenvalue weighted by Crippen LogP contribution is -2.48. The molecule has 1 rings (SSSR count). The Kier molecular flexibility index (Phi) is 6.48. The van der Waals surface area contributed by atoms with E-state index < -0.39 is 5.97 Å². The number of hydrogen-bond acceptors (Lipinski definition) is 3. The van der Waals surface area contributed by atoms with E-state index in [1.165, 1.54) is 0 Å². The number of carboxylic acids is 1. The van der Waals surface area contributed by atoms with Crippen molar-refractivity contribution < 1.29 is 14.7 Å². The summed E-state index contributed by atoms with van der Waals surface area (Å²) in [6.07, 6.45) is 3.85. The van der Waals surface area contributed by atoms with Gasteiger partial charge >= 0.3 is 12.0 Å². The van der Waals surface area contributed by atoms with Gasteiger partial charge in [0.25, 0.3) is 0 Å². The Bertz CT molecular complexity index is 317. The molecule has 0 radical (unpaired) electrons. The fourth-order valence-corrected chi connectivity index (χ4v) is 3.05. The van der Waals surface area contributed by atoms with E-state index in [0.29, 0.717) is 13.1 Å². The molecular weight excluding hydrogens is 264 g/mol. The van der Waals surface area contributed by atoms with Crippen molar-refractivity contribution in [2.75, 3.05) is 32.1 Å². The molecule has 0 aromatic heterocycles. The molecule has 1 aliphatic rings. The first kappa shape index (κ1) is 16.1. The van der Waals surface area contributed by atoms with Gasteiger partial charge in [0, 0.05) is 38.4 Å². The number of urea groups is 1. The maximum atomic E-state index is 12.3. The monoisotopic (exact) mass is 288 g/mol. The zero-order valence-electron chi connectivity index (χ0n) is 12.0. The van der Waals surface area contributed by atoms with Crippen LogP contribution in [0.5, 0.6) is 0 Å². The van der Waals surface area contributed by atoms with E-state index in [0.717, 1.165) is 18.6 Å². The summed E-state index contributed by atoms with van der Waals surface area (Å²) < 4.78 is 0. The third-order valence-electron chi connectivity index (χ3n) is 3.72. The third-order valence-corrected chi connectivity index (χ3v) is 4.53. The maximum Gasteiger partial charge on any atom is 0.320 e. The highest BCUT2D eigenvalue weighted by atomic mass is 32.2. The molecule has 2 amide bonds. The summed E-state index contributed by atoms with van der Waals surface area (Å²) in [7, 11) is 1.84. The molecule has 6 heteroatoms. The zero-order chi connectivity index (χ0) is 14.4. The minimum Gasteiger partial charge on any atom is -0.481 e. The molecule has 1 fully saturated rings. The van der Waals surface area contributed by atoms with Crippen LogP contribution in [0.3, 0.4) is 0 Å². The predicted molar refractivity (Wildman–Crippen MR) is 77.6 cm³/mol. The second-order valence-corrected chi connectivity index (χ2v) is 6.14. The number of likely N-dealkylation sites (tertiary alicyclic amines) is 1. The van der Waals surface area contributed by atoms with Gasteiger partial charge in [-0.3, -0.25) is 4.79 Å². The van der Waals surface area contributed by atoms with Crippen molar-refractivity contribution in [2.24, 2.45) is 5.92 Å². The van der Waals surface area contributed by atoms with Crippen molar-refractivity contribution in [3.8, 4) is 0 Å². The summed E-state index contributed by atoms with van der Waals surface area (Å²) in [5, 5.41) is 8.77. The van der Waals surface area contributed by atoms with Crippen LogP contribution in [0.25, 0.3) is 0 Å². The van der Waals surface area contributed by atoms with E-state index in [1.54, 1.807) is 16.7 Å². The van der Waals surface area contributed by atoms with Gasteiger partial charge < -0.3 is 14.9 Å². The lowest BCUT2D eigenvalue weighted by molar-refractivity contribution is -0.138. The maximum absolute atomic E-state index is 12.3. The number of thioether (sulfide) groups is 1. The smallest absolute Gasteiger partial charge is 0.320 e. The topological polar surface area (TPSA) is 60.9 Å². The Labute approximate surface area is 119 Å². The predicted octanol–water partition coefficient (Wildman–Crippen LogP) is 1.98. The lowest BCUT2D eigenvalue weighted by atomic mass is 9.94. The number of nitrogens with zero attached hydrogens (tertiary/aromatic N) is 2. The molecule has 1 aliphatic heterocycles. The van der Waals surface area contributed by atoms with Gasteiger partial charge in [-0.1, -0.05) is 0 Å². The number of piperidine rings is 1. The van der Waals surface area contributed by atoms with Gasteiger partial charge in [0.1, 0.15) is 0 Å². The van der Waals surface area contributed by atoms with Crippen molar-refractivity contribution in [3.05, 3.63) is 0 Å². The molecule has 1 N–H and O–H groups in total. The molecule has 0 bridgehead atoms. The fourth-order valence-electron chi connectivity index (χ4n) is 2.34. The summed E-state index contributed by atoms with van der Waals surface area (Å²) in [4.78, 5) is 26.6. The van der Waals surface area contributed by atoms with E-state index in [1.807, 2.05) is 25.1 Å². The van der Waals surface area contributed by atoms with Crippen LogP contribution in [0.1, 0.15) is 26.2 Å². The molecule has 1 unspecified atom stereocenters. The Morgan fingerprint density at radius 2 is 2.00 bits per heavy atom. The molecule has 19 heavy (non-hydrogen) atoms. The standard InChI is InChI=1S/C13H24N2O3S/c1-10(9-19-3)14(2)13(18)15-6-4-11(5-7-15)8-12(16)17/h10-11H,4-9H2,1-3H3,(H,16,17). The Morgan fingerprint density at radius 1 is 1.42 bits per heavy atom. The van der Waals surface area contributed by atoms with Crippen molar-refractivity contribution in [3.63, 3.8) is 0 Å². The largest absolute Gasteiger partial charge is 0.481 e. The molecule has 5 nitrogen and oxygen atoms in total. The molecule has 1 heterocycles. The molecule has 1 saturated heterocycles. The van der Waals surface area contributed by atoms with E-state index in [2.05, 4.69) is 0 Å². The van der Waals surface area contributed by atoms with Crippen molar-refractivity contribution >= 4 is 23.8 Å². The van der Waals surface area contributed by atoms with Crippen LogP contribution in [0.4, 0.5) is 4.79 Å². The summed E-state index contributed by atoms with van der Waals surface area (Å²) in [6.45, 7) is 3.39. The van der Waals surface area contributed by atoms with Gasteiger partial charge in [0.05, 0.1) is 0 Å². The fraction of sp³-hybridized carbons (Fsp3) is 0.846. The Morgan fingerprint density at radius 3 is 2.47 bits per heavy atom. The highest BCUT2D eigenvalue weighted by Gasteiger charge is 2.27. The quantitative estimate of drug-likeness (QED) is 0.840. The summed E-state index contributed by atoms with van der Waals surface area (Å²) in [5.41, 5.74) is 0. The first-order valence-electron chi connectivity index (χ1n) is 6.68. The third kappa shape index (κ3) is 4.93. The lowest BCUT2D eigenvalue weighted by Gasteiger charge is -2.36. The van der Waals surface area contributed by atoms with Crippen molar-refractivity contribution in [1.82, 2.24) is 9.80 Å². The summed E-state index contributed by atoms with van der Waals surface area (Å²) in [5.74, 6) is 0.406. The Balaban J connectivity index is 2.42. The average Bonchev–Trinajstić information content (AvgIpc) is 2.37. The number of amides is 2. The van der Waals surface area contributed by atoms with E-state index in [4.69, 9.17) is 5.11 Å². The van der Waals surface area contributed by atoms with Crippen LogP contribution in [0.15, 0.2) is 0 Å². The minimum atomic E-state index is -0.740. The van der Waals surface area contributed by atoms with Crippen LogP contribution in [-0.2, 0) is 4.79 Å². The summed E-state index contributed by atoms with van der Waals surface area (Å²) in [6, 6.07) is 0.287. The van der Waals surface area contributed by atoms with Gasteiger partial charge in [0.2, 0.25) is 0 Å². The number of carbonyl (C=O) groups is 2. The first-order valence-corrected chi connectivity index (χ1v) is 8.07. The number of carbonyl (C=O) groups excluding carboxylic acids is 1. The number of rotatable bonds is 5. The summed E-state index contributed by atoms with van der Waals surface area (Å²) >= 11 is 1.73. The average molecular weight is 288 g/mol. The molecule has 0 saturated carbocycles. The van der Waals surface area contributed by atoms with Gasteiger partial charge in [-0.2, -0.15) is 11.8 Å². The normalized spacial score (nSPS) is 18.2. The minimum absolute atomic E-state index is 0.0651. The molecular formula is C13H24N2O3S.